The minimum absolute atomic E-state index is 0.212. The van der Waals surface area contributed by atoms with Gasteiger partial charge in [0.15, 0.2) is 0 Å². The number of carbonyl (C=O) groups excluding carboxylic acids is 1. The molecule has 1 amide bonds. The molecule has 4 aromatic heterocycles. The second-order valence-corrected chi connectivity index (χ2v) is 6.40. The van der Waals surface area contributed by atoms with Gasteiger partial charge in [-0.05, 0) is 35.9 Å². The fraction of sp³-hybridized carbons (Fsp3) is 0.0455. The predicted molar refractivity (Wildman–Crippen MR) is 111 cm³/mol. The van der Waals surface area contributed by atoms with Crippen molar-refractivity contribution in [3.8, 4) is 28.3 Å². The summed E-state index contributed by atoms with van der Waals surface area (Å²) < 4.78 is 0. The Bertz CT molecular complexity index is 1280. The van der Waals surface area contributed by atoms with Crippen molar-refractivity contribution in [1.82, 2.24) is 19.9 Å². The van der Waals surface area contributed by atoms with E-state index in [0.717, 1.165) is 33.3 Å². The Hall–Kier alpha value is -4.31. The summed E-state index contributed by atoms with van der Waals surface area (Å²) in [5, 5.41) is 10.0. The van der Waals surface area contributed by atoms with E-state index in [-0.39, 0.29) is 5.91 Å². The molecule has 7 heteroatoms. The average molecular weight is 380 g/mol. The Balaban J connectivity index is 1.79. The van der Waals surface area contributed by atoms with Crippen LogP contribution in [0.2, 0.25) is 0 Å². The monoisotopic (exact) mass is 380 g/mol. The largest absolute Gasteiger partial charge is 0.346 e. The maximum atomic E-state index is 11.9. The molecule has 7 nitrogen and oxygen atoms in total. The van der Waals surface area contributed by atoms with Gasteiger partial charge in [0.2, 0.25) is 5.91 Å². The van der Waals surface area contributed by atoms with Crippen LogP contribution in [0.1, 0.15) is 5.69 Å². The highest BCUT2D eigenvalue weighted by atomic mass is 16.2. The van der Waals surface area contributed by atoms with Crippen molar-refractivity contribution in [3.63, 3.8) is 0 Å². The molecule has 4 rings (SSSR count). The van der Waals surface area contributed by atoms with E-state index < -0.39 is 0 Å². The van der Waals surface area contributed by atoms with Crippen molar-refractivity contribution >= 4 is 22.6 Å². The van der Waals surface area contributed by atoms with Crippen molar-refractivity contribution in [2.45, 2.75) is 0 Å². The maximum absolute atomic E-state index is 11.9. The Morgan fingerprint density at radius 3 is 2.79 bits per heavy atom. The summed E-state index contributed by atoms with van der Waals surface area (Å²) in [6.45, 7) is 3.52. The number of rotatable bonds is 4. The summed E-state index contributed by atoms with van der Waals surface area (Å²) in [5.41, 5.74) is 5.26. The Kier molecular flexibility index (Phi) is 4.59. The lowest BCUT2D eigenvalue weighted by molar-refractivity contribution is -0.113. The number of aromatic nitrogens is 4. The number of nitriles is 1. The zero-order chi connectivity index (χ0) is 20.4. The van der Waals surface area contributed by atoms with E-state index in [1.54, 1.807) is 37.9 Å². The van der Waals surface area contributed by atoms with Crippen LogP contribution in [-0.2, 0) is 4.79 Å². The van der Waals surface area contributed by atoms with Gasteiger partial charge in [-0.15, -0.1) is 0 Å². The van der Waals surface area contributed by atoms with Crippen molar-refractivity contribution in [1.29, 1.82) is 5.26 Å². The number of anilines is 1. The standard InChI is InChI=1S/C22H16N6O/c1-3-21(29)28(2)18-7-15(10-24-12-18)16-8-19-20(13-27-22(19)26-11-16)14-4-5-25-17(6-14)9-23/h3-8,10-13H,1H2,2H3,(H,26,27). The third-order valence-corrected chi connectivity index (χ3v) is 4.67. The molecule has 0 bridgehead atoms. The van der Waals surface area contributed by atoms with Gasteiger partial charge in [-0.2, -0.15) is 5.26 Å². The molecule has 140 valence electrons. The van der Waals surface area contributed by atoms with Gasteiger partial charge in [0.1, 0.15) is 17.4 Å². The smallest absolute Gasteiger partial charge is 0.250 e. The lowest BCUT2D eigenvalue weighted by atomic mass is 10.0. The van der Waals surface area contributed by atoms with Crippen molar-refractivity contribution in [3.05, 3.63) is 73.6 Å². The van der Waals surface area contributed by atoms with Crippen LogP contribution in [0.4, 0.5) is 5.69 Å². The molecule has 0 saturated heterocycles. The number of pyridine rings is 3. The lowest BCUT2D eigenvalue weighted by Crippen LogP contribution is -2.23. The Morgan fingerprint density at radius 2 is 2.00 bits per heavy atom. The van der Waals surface area contributed by atoms with Crippen LogP contribution in [0.15, 0.2) is 67.9 Å². The van der Waals surface area contributed by atoms with E-state index in [0.29, 0.717) is 11.4 Å². The quantitative estimate of drug-likeness (QED) is 0.544. The summed E-state index contributed by atoms with van der Waals surface area (Å²) in [6, 6.07) is 9.55. The molecule has 0 aromatic carbocycles. The number of likely N-dealkylation sites (N-methyl/N-ethyl adjacent to an activating group) is 1. The third kappa shape index (κ3) is 3.35. The minimum atomic E-state index is -0.212. The number of hydrogen-bond donors (Lipinski definition) is 1. The van der Waals surface area contributed by atoms with Crippen LogP contribution < -0.4 is 4.90 Å². The molecule has 0 fully saturated rings. The predicted octanol–water partition coefficient (Wildman–Crippen LogP) is 3.71. The molecule has 4 aromatic rings. The second-order valence-electron chi connectivity index (χ2n) is 6.40. The molecule has 0 spiro atoms. The summed E-state index contributed by atoms with van der Waals surface area (Å²) in [4.78, 5) is 29.3. The first-order valence-corrected chi connectivity index (χ1v) is 8.80. The lowest BCUT2D eigenvalue weighted by Gasteiger charge is -2.15. The highest BCUT2D eigenvalue weighted by Crippen LogP contribution is 2.31. The van der Waals surface area contributed by atoms with E-state index >= 15 is 0 Å². The summed E-state index contributed by atoms with van der Waals surface area (Å²) in [7, 11) is 1.67. The summed E-state index contributed by atoms with van der Waals surface area (Å²) >= 11 is 0. The number of aromatic amines is 1. The summed E-state index contributed by atoms with van der Waals surface area (Å²) in [6.07, 6.45) is 9.85. The summed E-state index contributed by atoms with van der Waals surface area (Å²) in [5.74, 6) is -0.212. The molecule has 0 atom stereocenters. The van der Waals surface area contributed by atoms with Gasteiger partial charge in [-0.1, -0.05) is 6.58 Å². The molecule has 0 saturated carbocycles. The number of nitrogens with one attached hydrogen (secondary N) is 1. The molecule has 0 radical (unpaired) electrons. The number of hydrogen-bond acceptors (Lipinski definition) is 5. The normalized spacial score (nSPS) is 10.5. The van der Waals surface area contributed by atoms with Crippen molar-refractivity contribution in [2.24, 2.45) is 0 Å². The topological polar surface area (TPSA) is 98.6 Å². The van der Waals surface area contributed by atoms with E-state index in [9.17, 15) is 4.79 Å². The van der Waals surface area contributed by atoms with Crippen LogP contribution in [0.25, 0.3) is 33.3 Å². The van der Waals surface area contributed by atoms with E-state index in [2.05, 4.69) is 32.6 Å². The molecule has 4 heterocycles. The SMILES string of the molecule is C=CC(=O)N(C)c1cncc(-c2cnc3[nH]cc(-c4ccnc(C#N)c4)c3c2)c1. The molecular formula is C22H16N6O. The van der Waals surface area contributed by atoms with Gasteiger partial charge in [0, 0.05) is 53.9 Å². The molecule has 0 aliphatic carbocycles. The molecule has 0 aliphatic rings. The fourth-order valence-corrected chi connectivity index (χ4v) is 3.09. The van der Waals surface area contributed by atoms with Crippen molar-refractivity contribution in [2.75, 3.05) is 11.9 Å². The molecular weight excluding hydrogens is 364 g/mol. The van der Waals surface area contributed by atoms with Gasteiger partial charge in [0.25, 0.3) is 0 Å². The molecule has 1 N–H and O–H groups in total. The zero-order valence-corrected chi connectivity index (χ0v) is 15.6. The minimum Gasteiger partial charge on any atom is -0.346 e. The first kappa shape index (κ1) is 18.1. The number of fused-ring (bicyclic) bond motifs is 1. The van der Waals surface area contributed by atoms with Crippen LogP contribution in [0.3, 0.4) is 0 Å². The average Bonchev–Trinajstić information content (AvgIpc) is 3.21. The van der Waals surface area contributed by atoms with Crippen molar-refractivity contribution < 1.29 is 4.79 Å². The van der Waals surface area contributed by atoms with Gasteiger partial charge in [-0.25, -0.2) is 9.97 Å². The second kappa shape index (κ2) is 7.37. The first-order valence-electron chi connectivity index (χ1n) is 8.80. The fourth-order valence-electron chi connectivity index (χ4n) is 3.09. The van der Waals surface area contributed by atoms with Crippen LogP contribution in [0.5, 0.6) is 0 Å². The molecule has 0 aliphatic heterocycles. The highest BCUT2D eigenvalue weighted by molar-refractivity contribution is 6.01. The number of carbonyl (C=O) groups is 1. The Morgan fingerprint density at radius 1 is 1.17 bits per heavy atom. The van der Waals surface area contributed by atoms with Crippen LogP contribution in [-0.4, -0.2) is 32.9 Å². The molecule has 29 heavy (non-hydrogen) atoms. The van der Waals surface area contributed by atoms with Gasteiger partial charge in [-0.3, -0.25) is 9.78 Å². The number of nitrogens with zero attached hydrogens (tertiary/aromatic N) is 5. The van der Waals surface area contributed by atoms with E-state index in [1.807, 2.05) is 24.4 Å². The van der Waals surface area contributed by atoms with Gasteiger partial charge in [0.05, 0.1) is 11.9 Å². The molecule has 0 unspecified atom stereocenters. The zero-order valence-electron chi connectivity index (χ0n) is 15.6. The Labute approximate surface area is 167 Å². The number of H-pyrrole nitrogens is 1. The van der Waals surface area contributed by atoms with Crippen LogP contribution >= 0.6 is 0 Å². The third-order valence-electron chi connectivity index (χ3n) is 4.67. The van der Waals surface area contributed by atoms with E-state index in [4.69, 9.17) is 5.26 Å². The van der Waals surface area contributed by atoms with Gasteiger partial charge < -0.3 is 9.88 Å². The van der Waals surface area contributed by atoms with Crippen LogP contribution in [0, 0.1) is 11.3 Å². The van der Waals surface area contributed by atoms with E-state index in [1.165, 1.54) is 11.0 Å². The highest BCUT2D eigenvalue weighted by Gasteiger charge is 2.12. The maximum Gasteiger partial charge on any atom is 0.250 e. The number of amides is 1. The first-order chi connectivity index (χ1) is 14.1. The van der Waals surface area contributed by atoms with Gasteiger partial charge >= 0.3 is 0 Å².